The van der Waals surface area contributed by atoms with Gasteiger partial charge >= 0.3 is 5.97 Å². The standard InChI is InChI=1S/C24H36F2O6/c1-24(2,32-21-13-15(25)9-11-18(21)26)22(29)12-10-17-16(19(27)14-20(17)28)7-5-3-4-6-8-23(30)31/h9,11,13,16-17,19-20,22,27-29H,3-8,10,12,14H2,1-2H3,(H,30,31). The number of halogens is 2. The van der Waals surface area contributed by atoms with Crippen LogP contribution in [-0.2, 0) is 4.79 Å². The molecule has 1 aromatic carbocycles. The Morgan fingerprint density at radius 1 is 1.09 bits per heavy atom. The summed E-state index contributed by atoms with van der Waals surface area (Å²) in [6.07, 6.45) is 2.76. The van der Waals surface area contributed by atoms with Crippen LogP contribution < -0.4 is 4.74 Å². The van der Waals surface area contributed by atoms with E-state index in [4.69, 9.17) is 9.84 Å². The summed E-state index contributed by atoms with van der Waals surface area (Å²) in [6.45, 7) is 3.19. The minimum atomic E-state index is -1.18. The fourth-order valence-corrected chi connectivity index (χ4v) is 4.60. The lowest BCUT2D eigenvalue weighted by molar-refractivity contribution is -0.137. The summed E-state index contributed by atoms with van der Waals surface area (Å²) < 4.78 is 32.9. The van der Waals surface area contributed by atoms with E-state index in [1.807, 2.05) is 0 Å². The van der Waals surface area contributed by atoms with Crippen molar-refractivity contribution in [1.29, 1.82) is 0 Å². The van der Waals surface area contributed by atoms with Gasteiger partial charge in [0.25, 0.3) is 0 Å². The highest BCUT2D eigenvalue weighted by molar-refractivity contribution is 5.66. The summed E-state index contributed by atoms with van der Waals surface area (Å²) in [5.74, 6) is -2.71. The molecule has 5 atom stereocenters. The second kappa shape index (κ2) is 11.9. The Morgan fingerprint density at radius 3 is 2.38 bits per heavy atom. The van der Waals surface area contributed by atoms with Gasteiger partial charge in [0, 0.05) is 12.5 Å². The van der Waals surface area contributed by atoms with Gasteiger partial charge in [0.15, 0.2) is 11.6 Å². The SMILES string of the molecule is CC(C)(Oc1cc(F)ccc1F)C(O)CCC1C(O)CC(O)C1CCCCCCC(=O)O. The van der Waals surface area contributed by atoms with E-state index in [0.29, 0.717) is 19.3 Å². The fraction of sp³-hybridized carbons (Fsp3) is 0.708. The normalized spacial score (nSPS) is 24.5. The van der Waals surface area contributed by atoms with Crippen molar-refractivity contribution in [2.75, 3.05) is 0 Å². The number of carboxylic acid groups (broad SMARTS) is 1. The van der Waals surface area contributed by atoms with E-state index in [-0.39, 0.29) is 30.4 Å². The number of aliphatic carboxylic acids is 1. The molecule has 0 heterocycles. The van der Waals surface area contributed by atoms with Gasteiger partial charge in [-0.2, -0.15) is 0 Å². The van der Waals surface area contributed by atoms with Gasteiger partial charge in [-0.05, 0) is 69.9 Å². The van der Waals surface area contributed by atoms with Gasteiger partial charge in [0.05, 0.1) is 18.3 Å². The van der Waals surface area contributed by atoms with Gasteiger partial charge in [0.1, 0.15) is 11.4 Å². The third-order valence-corrected chi connectivity index (χ3v) is 6.54. The van der Waals surface area contributed by atoms with E-state index >= 15 is 0 Å². The average molecular weight is 459 g/mol. The maximum absolute atomic E-state index is 13.9. The molecule has 8 heteroatoms. The molecule has 4 N–H and O–H groups in total. The molecule has 2 rings (SSSR count). The lowest BCUT2D eigenvalue weighted by Gasteiger charge is -2.33. The van der Waals surface area contributed by atoms with Gasteiger partial charge in [-0.1, -0.05) is 19.3 Å². The number of hydrogen-bond acceptors (Lipinski definition) is 5. The molecule has 0 aromatic heterocycles. The fourth-order valence-electron chi connectivity index (χ4n) is 4.60. The third-order valence-electron chi connectivity index (χ3n) is 6.54. The molecule has 32 heavy (non-hydrogen) atoms. The van der Waals surface area contributed by atoms with E-state index in [0.717, 1.165) is 43.9 Å². The van der Waals surface area contributed by atoms with Crippen LogP contribution in [0.15, 0.2) is 18.2 Å². The third kappa shape index (κ3) is 7.67. The molecular formula is C24H36F2O6. The van der Waals surface area contributed by atoms with Crippen molar-refractivity contribution in [3.8, 4) is 5.75 Å². The van der Waals surface area contributed by atoms with Gasteiger partial charge < -0.3 is 25.2 Å². The predicted molar refractivity (Wildman–Crippen MR) is 115 cm³/mol. The van der Waals surface area contributed by atoms with Crippen LogP contribution in [0.5, 0.6) is 5.75 Å². The Balaban J connectivity index is 1.87. The number of aliphatic hydroxyl groups excluding tert-OH is 3. The lowest BCUT2D eigenvalue weighted by Crippen LogP contribution is -2.42. The van der Waals surface area contributed by atoms with Crippen molar-refractivity contribution in [3.63, 3.8) is 0 Å². The number of hydrogen-bond donors (Lipinski definition) is 4. The molecule has 0 aliphatic heterocycles. The monoisotopic (exact) mass is 458 g/mol. The molecule has 0 saturated heterocycles. The zero-order chi connectivity index (χ0) is 23.9. The van der Waals surface area contributed by atoms with E-state index in [1.165, 1.54) is 0 Å². The molecule has 6 nitrogen and oxygen atoms in total. The van der Waals surface area contributed by atoms with Crippen LogP contribution in [0, 0.1) is 23.5 Å². The molecular weight excluding hydrogens is 422 g/mol. The Morgan fingerprint density at radius 2 is 1.72 bits per heavy atom. The first-order valence-electron chi connectivity index (χ1n) is 11.4. The van der Waals surface area contributed by atoms with Gasteiger partial charge in [-0.3, -0.25) is 4.79 Å². The maximum atomic E-state index is 13.9. The second-order valence-electron chi connectivity index (χ2n) is 9.42. The number of benzene rings is 1. The van der Waals surface area contributed by atoms with Crippen LogP contribution in [0.25, 0.3) is 0 Å². The van der Waals surface area contributed by atoms with Crippen molar-refractivity contribution < 1.29 is 38.7 Å². The number of aliphatic hydroxyl groups is 3. The molecule has 1 saturated carbocycles. The Kier molecular flexibility index (Phi) is 9.85. The molecule has 0 radical (unpaired) electrons. The smallest absolute Gasteiger partial charge is 0.303 e. The van der Waals surface area contributed by atoms with E-state index < -0.39 is 41.5 Å². The molecule has 182 valence electrons. The van der Waals surface area contributed by atoms with Crippen LogP contribution in [0.1, 0.15) is 71.6 Å². The second-order valence-corrected chi connectivity index (χ2v) is 9.42. The van der Waals surface area contributed by atoms with Crippen molar-refractivity contribution in [2.24, 2.45) is 11.8 Å². The van der Waals surface area contributed by atoms with E-state index in [1.54, 1.807) is 13.8 Å². The number of unbranched alkanes of at least 4 members (excludes halogenated alkanes) is 3. The van der Waals surface area contributed by atoms with Crippen LogP contribution in [-0.4, -0.2) is 50.3 Å². The minimum absolute atomic E-state index is 0.0960. The van der Waals surface area contributed by atoms with Crippen molar-refractivity contribution in [3.05, 3.63) is 29.8 Å². The zero-order valence-electron chi connectivity index (χ0n) is 18.8. The maximum Gasteiger partial charge on any atom is 0.303 e. The first kappa shape index (κ1) is 26.5. The highest BCUT2D eigenvalue weighted by Gasteiger charge is 2.42. The van der Waals surface area contributed by atoms with E-state index in [9.17, 15) is 28.9 Å². The largest absolute Gasteiger partial charge is 0.482 e. The molecule has 1 aliphatic carbocycles. The van der Waals surface area contributed by atoms with Crippen LogP contribution >= 0.6 is 0 Å². The van der Waals surface area contributed by atoms with Crippen molar-refractivity contribution in [2.45, 2.75) is 95.5 Å². The molecule has 1 aromatic rings. The number of carboxylic acids is 1. The van der Waals surface area contributed by atoms with Gasteiger partial charge in [-0.25, -0.2) is 8.78 Å². The molecule has 0 bridgehead atoms. The minimum Gasteiger partial charge on any atom is -0.482 e. The van der Waals surface area contributed by atoms with E-state index in [2.05, 4.69) is 0 Å². The number of rotatable bonds is 13. The Hall–Kier alpha value is -1.77. The average Bonchev–Trinajstić information content (AvgIpc) is 2.97. The summed E-state index contributed by atoms with van der Waals surface area (Å²) in [6, 6.07) is 2.90. The molecule has 0 amide bonds. The highest BCUT2D eigenvalue weighted by Crippen LogP contribution is 2.40. The summed E-state index contributed by atoms with van der Waals surface area (Å²) in [5, 5.41) is 40.2. The van der Waals surface area contributed by atoms with Crippen LogP contribution in [0.4, 0.5) is 8.78 Å². The molecule has 1 aliphatic rings. The Bertz CT molecular complexity index is 741. The quantitative estimate of drug-likeness (QED) is 0.332. The zero-order valence-corrected chi connectivity index (χ0v) is 18.8. The molecule has 0 spiro atoms. The topological polar surface area (TPSA) is 107 Å². The summed E-state index contributed by atoms with van der Waals surface area (Å²) >= 11 is 0. The lowest BCUT2D eigenvalue weighted by atomic mass is 9.83. The van der Waals surface area contributed by atoms with Crippen LogP contribution in [0.2, 0.25) is 0 Å². The van der Waals surface area contributed by atoms with Gasteiger partial charge in [-0.15, -0.1) is 0 Å². The first-order valence-corrected chi connectivity index (χ1v) is 11.4. The Labute approximate surface area is 188 Å². The first-order chi connectivity index (χ1) is 15.0. The van der Waals surface area contributed by atoms with Crippen molar-refractivity contribution in [1.82, 2.24) is 0 Å². The van der Waals surface area contributed by atoms with Crippen molar-refractivity contribution >= 4 is 5.97 Å². The summed E-state index contributed by atoms with van der Waals surface area (Å²) in [4.78, 5) is 10.6. The highest BCUT2D eigenvalue weighted by atomic mass is 19.1. The molecule has 5 unspecified atom stereocenters. The number of ether oxygens (including phenoxy) is 1. The summed E-state index contributed by atoms with van der Waals surface area (Å²) in [7, 11) is 0. The van der Waals surface area contributed by atoms with Crippen LogP contribution in [0.3, 0.4) is 0 Å². The van der Waals surface area contributed by atoms with Gasteiger partial charge in [0.2, 0.25) is 0 Å². The number of carbonyl (C=O) groups is 1. The molecule has 1 fully saturated rings. The summed E-state index contributed by atoms with van der Waals surface area (Å²) in [5.41, 5.74) is -1.18. The predicted octanol–water partition coefficient (Wildman–Crippen LogP) is 4.05.